The Morgan fingerprint density at radius 2 is 2.16 bits per heavy atom. The molecule has 2 aliphatic rings. The fourth-order valence-electron chi connectivity index (χ4n) is 4.22. The Morgan fingerprint density at radius 1 is 1.37 bits per heavy atom. The first-order valence-corrected chi connectivity index (χ1v) is 7.65. The lowest BCUT2D eigenvalue weighted by Gasteiger charge is -2.41. The van der Waals surface area contributed by atoms with Crippen LogP contribution in [0.25, 0.3) is 0 Å². The van der Waals surface area contributed by atoms with Gasteiger partial charge in [-0.2, -0.15) is 0 Å². The SMILES string of the molecule is NCC1(C(O)c2cc(Cl)ccc2Cl)CC2CCC1C2. The predicted molar refractivity (Wildman–Crippen MR) is 78.4 cm³/mol. The van der Waals surface area contributed by atoms with E-state index in [1.54, 1.807) is 18.2 Å². The van der Waals surface area contributed by atoms with Crippen LogP contribution in [0.1, 0.15) is 37.4 Å². The van der Waals surface area contributed by atoms with Gasteiger partial charge in [0.2, 0.25) is 0 Å². The van der Waals surface area contributed by atoms with Gasteiger partial charge in [0.15, 0.2) is 0 Å². The smallest absolute Gasteiger partial charge is 0.0875 e. The molecular formula is C15H19Cl2NO. The molecule has 3 N–H and O–H groups in total. The van der Waals surface area contributed by atoms with Crippen molar-refractivity contribution in [2.75, 3.05) is 6.54 Å². The molecule has 4 atom stereocenters. The molecule has 19 heavy (non-hydrogen) atoms. The summed E-state index contributed by atoms with van der Waals surface area (Å²) in [4.78, 5) is 0. The van der Waals surface area contributed by atoms with E-state index in [0.29, 0.717) is 22.5 Å². The molecule has 3 rings (SSSR count). The molecule has 2 saturated carbocycles. The van der Waals surface area contributed by atoms with Crippen molar-refractivity contribution >= 4 is 23.2 Å². The maximum absolute atomic E-state index is 10.9. The summed E-state index contributed by atoms with van der Waals surface area (Å²) < 4.78 is 0. The second-order valence-corrected chi connectivity index (χ2v) is 6.93. The number of nitrogens with two attached hydrogens (primary N) is 1. The zero-order valence-corrected chi connectivity index (χ0v) is 12.3. The maximum Gasteiger partial charge on any atom is 0.0875 e. The van der Waals surface area contributed by atoms with Crippen LogP contribution in [0.4, 0.5) is 0 Å². The molecule has 0 aromatic heterocycles. The molecule has 4 heteroatoms. The van der Waals surface area contributed by atoms with Gasteiger partial charge >= 0.3 is 0 Å². The van der Waals surface area contributed by atoms with Gasteiger partial charge in [-0.3, -0.25) is 0 Å². The lowest BCUT2D eigenvalue weighted by Crippen LogP contribution is -2.41. The van der Waals surface area contributed by atoms with Crippen molar-refractivity contribution in [1.82, 2.24) is 0 Å². The van der Waals surface area contributed by atoms with Crippen LogP contribution in [0.15, 0.2) is 18.2 Å². The first-order chi connectivity index (χ1) is 9.06. The van der Waals surface area contributed by atoms with Crippen LogP contribution in [-0.4, -0.2) is 11.7 Å². The molecule has 0 saturated heterocycles. The third-order valence-corrected chi connectivity index (χ3v) is 5.78. The van der Waals surface area contributed by atoms with Crippen molar-refractivity contribution < 1.29 is 5.11 Å². The molecule has 2 nitrogen and oxygen atoms in total. The summed E-state index contributed by atoms with van der Waals surface area (Å²) in [5.74, 6) is 1.24. The van der Waals surface area contributed by atoms with Gasteiger partial charge in [-0.1, -0.05) is 29.6 Å². The third-order valence-electron chi connectivity index (χ3n) is 5.20. The molecule has 1 aromatic carbocycles. The number of benzene rings is 1. The van der Waals surface area contributed by atoms with Gasteiger partial charge in [-0.25, -0.2) is 0 Å². The number of aliphatic hydroxyl groups is 1. The van der Waals surface area contributed by atoms with Crippen molar-refractivity contribution in [1.29, 1.82) is 0 Å². The Bertz CT molecular complexity index is 493. The lowest BCUT2D eigenvalue weighted by molar-refractivity contribution is -0.0129. The Labute approximate surface area is 123 Å². The fraction of sp³-hybridized carbons (Fsp3) is 0.600. The quantitative estimate of drug-likeness (QED) is 0.892. The minimum atomic E-state index is -0.612. The van der Waals surface area contributed by atoms with Crippen LogP contribution >= 0.6 is 23.2 Å². The van der Waals surface area contributed by atoms with Gasteiger partial charge in [-0.15, -0.1) is 0 Å². The highest BCUT2D eigenvalue weighted by molar-refractivity contribution is 6.33. The Hall–Kier alpha value is -0.280. The van der Waals surface area contributed by atoms with Gasteiger partial charge < -0.3 is 10.8 Å². The molecule has 2 fully saturated rings. The molecule has 104 valence electrons. The van der Waals surface area contributed by atoms with Crippen LogP contribution in [0.3, 0.4) is 0 Å². The van der Waals surface area contributed by atoms with E-state index in [2.05, 4.69) is 0 Å². The summed E-state index contributed by atoms with van der Waals surface area (Å²) in [7, 11) is 0. The summed E-state index contributed by atoms with van der Waals surface area (Å²) >= 11 is 12.3. The van der Waals surface area contributed by atoms with Gasteiger partial charge in [0, 0.05) is 27.6 Å². The van der Waals surface area contributed by atoms with E-state index in [-0.39, 0.29) is 5.41 Å². The van der Waals surface area contributed by atoms with Gasteiger partial charge in [0.1, 0.15) is 0 Å². The highest BCUT2D eigenvalue weighted by Crippen LogP contribution is 2.60. The molecule has 0 aliphatic heterocycles. The van der Waals surface area contributed by atoms with Crippen LogP contribution in [0.2, 0.25) is 10.0 Å². The van der Waals surface area contributed by atoms with Gasteiger partial charge in [-0.05, 0) is 49.3 Å². The van der Waals surface area contributed by atoms with E-state index in [9.17, 15) is 5.11 Å². The number of hydrogen-bond donors (Lipinski definition) is 2. The topological polar surface area (TPSA) is 46.2 Å². The van der Waals surface area contributed by atoms with Crippen molar-refractivity contribution in [2.45, 2.75) is 31.8 Å². The van der Waals surface area contributed by atoms with Crippen LogP contribution in [-0.2, 0) is 0 Å². The predicted octanol–water partition coefficient (Wildman–Crippen LogP) is 3.79. The van der Waals surface area contributed by atoms with Crippen LogP contribution < -0.4 is 5.73 Å². The van der Waals surface area contributed by atoms with E-state index in [1.165, 1.54) is 19.3 Å². The van der Waals surface area contributed by atoms with Crippen molar-refractivity contribution in [3.05, 3.63) is 33.8 Å². The second kappa shape index (κ2) is 4.92. The van der Waals surface area contributed by atoms with Crippen molar-refractivity contribution in [2.24, 2.45) is 23.0 Å². The highest BCUT2D eigenvalue weighted by atomic mass is 35.5. The number of aliphatic hydroxyl groups excluding tert-OH is 1. The molecule has 0 radical (unpaired) electrons. The number of hydrogen-bond acceptors (Lipinski definition) is 2. The fourth-order valence-corrected chi connectivity index (χ4v) is 4.62. The summed E-state index contributed by atoms with van der Waals surface area (Å²) in [5, 5.41) is 12.1. The highest BCUT2D eigenvalue weighted by Gasteiger charge is 2.54. The molecule has 1 aromatic rings. The molecule has 0 amide bonds. The zero-order valence-electron chi connectivity index (χ0n) is 10.8. The number of rotatable bonds is 3. The molecule has 0 heterocycles. The maximum atomic E-state index is 10.9. The monoisotopic (exact) mass is 299 g/mol. The van der Waals surface area contributed by atoms with Crippen molar-refractivity contribution in [3.8, 4) is 0 Å². The van der Waals surface area contributed by atoms with Crippen molar-refractivity contribution in [3.63, 3.8) is 0 Å². The summed E-state index contributed by atoms with van der Waals surface area (Å²) in [6.07, 6.45) is 4.06. The normalized spacial score (nSPS) is 34.7. The Balaban J connectivity index is 1.98. The Kier molecular flexibility index (Phi) is 3.55. The number of halogens is 2. The van der Waals surface area contributed by atoms with E-state index in [0.717, 1.165) is 17.9 Å². The standard InChI is InChI=1S/C15H19Cl2NO/c16-11-3-4-13(17)12(6-11)14(19)15(8-18)7-9-1-2-10(15)5-9/h3-4,6,9-10,14,19H,1-2,5,7-8,18H2. The average molecular weight is 300 g/mol. The third kappa shape index (κ3) is 2.09. The molecule has 0 spiro atoms. The van der Waals surface area contributed by atoms with E-state index in [1.807, 2.05) is 0 Å². The summed E-state index contributed by atoms with van der Waals surface area (Å²) in [6, 6.07) is 5.27. The van der Waals surface area contributed by atoms with Crippen LogP contribution in [0.5, 0.6) is 0 Å². The molecule has 2 bridgehead atoms. The average Bonchev–Trinajstić information content (AvgIpc) is 3.01. The number of fused-ring (bicyclic) bond motifs is 2. The molecule has 4 unspecified atom stereocenters. The largest absolute Gasteiger partial charge is 0.388 e. The molecule has 2 aliphatic carbocycles. The zero-order chi connectivity index (χ0) is 13.6. The van der Waals surface area contributed by atoms with Crippen LogP contribution in [0, 0.1) is 17.3 Å². The van der Waals surface area contributed by atoms with E-state index in [4.69, 9.17) is 28.9 Å². The minimum Gasteiger partial charge on any atom is -0.388 e. The van der Waals surface area contributed by atoms with Gasteiger partial charge in [0.05, 0.1) is 6.10 Å². The second-order valence-electron chi connectivity index (χ2n) is 6.09. The lowest BCUT2D eigenvalue weighted by atomic mass is 9.67. The van der Waals surface area contributed by atoms with E-state index >= 15 is 0 Å². The summed E-state index contributed by atoms with van der Waals surface area (Å²) in [6.45, 7) is 0.512. The minimum absolute atomic E-state index is 0.211. The first-order valence-electron chi connectivity index (χ1n) is 6.90. The van der Waals surface area contributed by atoms with E-state index < -0.39 is 6.10 Å². The Morgan fingerprint density at radius 3 is 2.74 bits per heavy atom. The van der Waals surface area contributed by atoms with Gasteiger partial charge in [0.25, 0.3) is 0 Å². The molecular weight excluding hydrogens is 281 g/mol. The first kappa shape index (κ1) is 13.7. The summed E-state index contributed by atoms with van der Waals surface area (Å²) in [5.41, 5.74) is 6.56.